The minimum Gasteiger partial charge on any atom is -0.481 e. The van der Waals surface area contributed by atoms with Crippen LogP contribution in [0, 0.1) is 0 Å². The molecule has 28 heavy (non-hydrogen) atoms. The molecular formula is C23H31N3O2. The Hall–Kier alpha value is -2.21. The Morgan fingerprint density at radius 2 is 1.75 bits per heavy atom. The molecule has 3 rings (SSSR count). The van der Waals surface area contributed by atoms with E-state index >= 15 is 0 Å². The van der Waals surface area contributed by atoms with Gasteiger partial charge in [0.2, 0.25) is 0 Å². The predicted molar refractivity (Wildman–Crippen MR) is 112 cm³/mol. The van der Waals surface area contributed by atoms with Crippen LogP contribution in [-0.4, -0.2) is 41.3 Å². The minimum atomic E-state index is -0.747. The normalized spacial score (nSPS) is 22.8. The van der Waals surface area contributed by atoms with Gasteiger partial charge in [-0.05, 0) is 36.8 Å². The predicted octanol–water partition coefficient (Wildman–Crippen LogP) is 3.17. The van der Waals surface area contributed by atoms with Gasteiger partial charge in [0.05, 0.1) is 6.17 Å². The molecule has 1 aliphatic rings. The van der Waals surface area contributed by atoms with Gasteiger partial charge >= 0.3 is 5.97 Å². The van der Waals surface area contributed by atoms with Gasteiger partial charge in [-0.15, -0.1) is 0 Å². The number of carboxylic acids is 1. The third-order valence-corrected chi connectivity index (χ3v) is 5.53. The standard InChI is InChI=1S/C23H31N3O2/c24-23-20(14-7-11-18-9-3-1-4-10-18)25-21(19-12-5-2-6-13-19)17-26(23)16-8-15-22(27)28/h1-6,9-10,12-13,20-21,23,25H,7-8,11,14-17,24H2,(H,27,28). The van der Waals surface area contributed by atoms with Crippen LogP contribution in [0.25, 0.3) is 0 Å². The average Bonchev–Trinajstić information content (AvgIpc) is 2.71. The Morgan fingerprint density at radius 3 is 2.43 bits per heavy atom. The fourth-order valence-electron chi connectivity index (χ4n) is 4.01. The molecule has 4 N–H and O–H groups in total. The van der Waals surface area contributed by atoms with Crippen LogP contribution in [0.5, 0.6) is 0 Å². The number of nitrogens with zero attached hydrogens (tertiary/aromatic N) is 1. The Bertz CT molecular complexity index is 723. The summed E-state index contributed by atoms with van der Waals surface area (Å²) in [6.45, 7) is 1.52. The molecule has 0 bridgehead atoms. The first kappa shape index (κ1) is 20.5. The Kier molecular flexibility index (Phi) is 7.60. The average molecular weight is 382 g/mol. The third kappa shape index (κ3) is 5.89. The van der Waals surface area contributed by atoms with Crippen LogP contribution in [0.4, 0.5) is 0 Å². The van der Waals surface area contributed by atoms with Gasteiger partial charge in [0.1, 0.15) is 0 Å². The molecule has 1 heterocycles. The van der Waals surface area contributed by atoms with E-state index in [0.717, 1.165) is 25.8 Å². The summed E-state index contributed by atoms with van der Waals surface area (Å²) in [4.78, 5) is 13.1. The van der Waals surface area contributed by atoms with Crippen LogP contribution in [0.3, 0.4) is 0 Å². The number of piperazine rings is 1. The molecule has 2 aromatic carbocycles. The molecule has 3 unspecified atom stereocenters. The van der Waals surface area contributed by atoms with Gasteiger partial charge < -0.3 is 16.2 Å². The number of hydrogen-bond acceptors (Lipinski definition) is 4. The van der Waals surface area contributed by atoms with Gasteiger partial charge in [0, 0.05) is 31.6 Å². The number of carboxylic acid groups (broad SMARTS) is 1. The Labute approximate surface area is 167 Å². The molecule has 1 aliphatic heterocycles. The van der Waals surface area contributed by atoms with E-state index < -0.39 is 5.97 Å². The molecule has 1 saturated heterocycles. The molecule has 0 spiro atoms. The van der Waals surface area contributed by atoms with E-state index in [9.17, 15) is 4.79 Å². The molecule has 5 nitrogen and oxygen atoms in total. The monoisotopic (exact) mass is 381 g/mol. The number of nitrogens with one attached hydrogen (secondary N) is 1. The summed E-state index contributed by atoms with van der Waals surface area (Å²) in [7, 11) is 0. The number of benzene rings is 2. The lowest BCUT2D eigenvalue weighted by atomic mass is 9.95. The molecular weight excluding hydrogens is 350 g/mol. The van der Waals surface area contributed by atoms with Gasteiger partial charge in [-0.2, -0.15) is 0 Å². The largest absolute Gasteiger partial charge is 0.481 e. The van der Waals surface area contributed by atoms with Crippen molar-refractivity contribution in [3.8, 4) is 0 Å². The molecule has 0 amide bonds. The van der Waals surface area contributed by atoms with Gasteiger partial charge in [0.15, 0.2) is 0 Å². The highest BCUT2D eigenvalue weighted by molar-refractivity contribution is 5.66. The Morgan fingerprint density at radius 1 is 1.07 bits per heavy atom. The van der Waals surface area contributed by atoms with Crippen molar-refractivity contribution in [1.29, 1.82) is 0 Å². The van der Waals surface area contributed by atoms with Crippen molar-refractivity contribution in [3.63, 3.8) is 0 Å². The molecule has 1 fully saturated rings. The lowest BCUT2D eigenvalue weighted by molar-refractivity contribution is -0.137. The molecule has 3 atom stereocenters. The van der Waals surface area contributed by atoms with E-state index in [2.05, 4.69) is 58.7 Å². The summed E-state index contributed by atoms with van der Waals surface area (Å²) in [5.41, 5.74) is 9.18. The zero-order chi connectivity index (χ0) is 19.8. The summed E-state index contributed by atoms with van der Waals surface area (Å²) in [5, 5.41) is 12.7. The van der Waals surface area contributed by atoms with E-state index in [1.807, 2.05) is 12.1 Å². The maximum atomic E-state index is 10.9. The van der Waals surface area contributed by atoms with Gasteiger partial charge in [0.25, 0.3) is 0 Å². The fraction of sp³-hybridized carbons (Fsp3) is 0.435. The number of nitrogens with two attached hydrogens (primary N) is 1. The van der Waals surface area contributed by atoms with Crippen LogP contribution < -0.4 is 11.1 Å². The van der Waals surface area contributed by atoms with E-state index in [-0.39, 0.29) is 24.7 Å². The van der Waals surface area contributed by atoms with Crippen molar-refractivity contribution in [3.05, 3.63) is 71.8 Å². The van der Waals surface area contributed by atoms with Gasteiger partial charge in [-0.1, -0.05) is 60.7 Å². The van der Waals surface area contributed by atoms with Crippen molar-refractivity contribution in [2.24, 2.45) is 5.73 Å². The van der Waals surface area contributed by atoms with E-state index in [1.165, 1.54) is 11.1 Å². The summed E-state index contributed by atoms with van der Waals surface area (Å²) < 4.78 is 0. The molecule has 150 valence electrons. The van der Waals surface area contributed by atoms with Crippen LogP contribution >= 0.6 is 0 Å². The number of hydrogen-bond donors (Lipinski definition) is 3. The van der Waals surface area contributed by atoms with E-state index in [1.54, 1.807) is 0 Å². The Balaban J connectivity index is 1.63. The van der Waals surface area contributed by atoms with Crippen LogP contribution in [0.15, 0.2) is 60.7 Å². The summed E-state index contributed by atoms with van der Waals surface area (Å²) in [5.74, 6) is -0.747. The second-order valence-corrected chi connectivity index (χ2v) is 7.60. The van der Waals surface area contributed by atoms with Gasteiger partial charge in [-0.25, -0.2) is 0 Å². The van der Waals surface area contributed by atoms with Gasteiger partial charge in [-0.3, -0.25) is 9.69 Å². The first-order valence-electron chi connectivity index (χ1n) is 10.2. The van der Waals surface area contributed by atoms with Crippen LogP contribution in [0.1, 0.15) is 42.9 Å². The zero-order valence-corrected chi connectivity index (χ0v) is 16.3. The van der Waals surface area contributed by atoms with E-state index in [0.29, 0.717) is 13.0 Å². The van der Waals surface area contributed by atoms with Crippen molar-refractivity contribution >= 4 is 5.97 Å². The number of aliphatic carboxylic acids is 1. The van der Waals surface area contributed by atoms with Crippen LogP contribution in [-0.2, 0) is 11.2 Å². The minimum absolute atomic E-state index is 0.0930. The maximum absolute atomic E-state index is 10.9. The van der Waals surface area contributed by atoms with Crippen molar-refractivity contribution in [2.45, 2.75) is 50.4 Å². The lowest BCUT2D eigenvalue weighted by Gasteiger charge is -2.44. The second-order valence-electron chi connectivity index (χ2n) is 7.60. The number of aryl methyl sites for hydroxylation is 1. The highest BCUT2D eigenvalue weighted by Gasteiger charge is 2.33. The fourth-order valence-corrected chi connectivity index (χ4v) is 4.01. The highest BCUT2D eigenvalue weighted by Crippen LogP contribution is 2.24. The summed E-state index contributed by atoms with van der Waals surface area (Å²) in [6.07, 6.45) is 3.83. The number of carbonyl (C=O) groups is 1. The smallest absolute Gasteiger partial charge is 0.303 e. The molecule has 0 saturated carbocycles. The highest BCUT2D eigenvalue weighted by atomic mass is 16.4. The molecule has 5 heteroatoms. The molecule has 2 aromatic rings. The quantitative estimate of drug-likeness (QED) is 0.622. The summed E-state index contributed by atoms with van der Waals surface area (Å²) in [6, 6.07) is 21.4. The molecule has 0 aromatic heterocycles. The number of rotatable bonds is 9. The second kappa shape index (κ2) is 10.4. The zero-order valence-electron chi connectivity index (χ0n) is 16.3. The lowest BCUT2D eigenvalue weighted by Crippen LogP contribution is -2.63. The summed E-state index contributed by atoms with van der Waals surface area (Å²) >= 11 is 0. The molecule has 0 aliphatic carbocycles. The van der Waals surface area contributed by atoms with E-state index in [4.69, 9.17) is 10.8 Å². The van der Waals surface area contributed by atoms with Crippen molar-refractivity contribution in [2.75, 3.05) is 13.1 Å². The molecule has 0 radical (unpaired) electrons. The topological polar surface area (TPSA) is 78.6 Å². The first-order valence-corrected chi connectivity index (χ1v) is 10.2. The van der Waals surface area contributed by atoms with Crippen LogP contribution in [0.2, 0.25) is 0 Å². The first-order chi connectivity index (χ1) is 13.6. The van der Waals surface area contributed by atoms with Crippen molar-refractivity contribution in [1.82, 2.24) is 10.2 Å². The maximum Gasteiger partial charge on any atom is 0.303 e. The third-order valence-electron chi connectivity index (χ3n) is 5.53. The SMILES string of the molecule is NC1C(CCCc2ccccc2)NC(c2ccccc2)CN1CCCC(=O)O. The van der Waals surface area contributed by atoms with Crippen molar-refractivity contribution < 1.29 is 9.90 Å².